The van der Waals surface area contributed by atoms with E-state index in [1.54, 1.807) is 4.90 Å². The fourth-order valence-corrected chi connectivity index (χ4v) is 6.59. The molecule has 2 aromatic rings. The molecule has 146 valence electrons. The van der Waals surface area contributed by atoms with Crippen LogP contribution in [0.2, 0.25) is 10.0 Å². The van der Waals surface area contributed by atoms with Crippen LogP contribution in [0, 0.1) is 0 Å². The number of fused-ring (bicyclic) bond motifs is 3. The van der Waals surface area contributed by atoms with Crippen LogP contribution < -0.4 is 4.90 Å². The number of hydrogen-bond acceptors (Lipinski definition) is 3. The molecular formula is C21H20Cl2N2O2S. The van der Waals surface area contributed by atoms with Gasteiger partial charge in [0.05, 0.1) is 5.69 Å². The van der Waals surface area contributed by atoms with E-state index in [0.717, 1.165) is 36.3 Å². The fourth-order valence-electron chi connectivity index (χ4n) is 4.90. The standard InChI is InChI=1S/C21H20Cl2N2O2S/c22-15-3-1-4-16(23)19(15)12-9-13-14-11-24(21(26)27)7-5-17(14)25-6-2-8-28-18(10-12)20(13)25/h1,3-4,9-10,14,17H,2,5-8,11H2,(H,26,27). The second kappa shape index (κ2) is 7.05. The van der Waals surface area contributed by atoms with Gasteiger partial charge in [-0.1, -0.05) is 29.3 Å². The first-order valence-electron chi connectivity index (χ1n) is 9.54. The van der Waals surface area contributed by atoms with Gasteiger partial charge in [-0.05, 0) is 54.0 Å². The van der Waals surface area contributed by atoms with Crippen LogP contribution in [0.4, 0.5) is 10.5 Å². The van der Waals surface area contributed by atoms with Gasteiger partial charge in [0.25, 0.3) is 0 Å². The van der Waals surface area contributed by atoms with E-state index < -0.39 is 6.09 Å². The average Bonchev–Trinajstić information content (AvgIpc) is 2.82. The number of amides is 1. The molecular weight excluding hydrogens is 415 g/mol. The average molecular weight is 435 g/mol. The van der Waals surface area contributed by atoms with E-state index in [4.69, 9.17) is 23.2 Å². The molecule has 5 rings (SSSR count). The van der Waals surface area contributed by atoms with Gasteiger partial charge < -0.3 is 14.9 Å². The van der Waals surface area contributed by atoms with E-state index in [-0.39, 0.29) is 5.92 Å². The van der Waals surface area contributed by atoms with E-state index in [0.29, 0.717) is 29.2 Å². The largest absolute Gasteiger partial charge is 0.465 e. The predicted molar refractivity (Wildman–Crippen MR) is 115 cm³/mol. The molecule has 0 bridgehead atoms. The lowest BCUT2D eigenvalue weighted by Gasteiger charge is -2.37. The summed E-state index contributed by atoms with van der Waals surface area (Å²) in [5.41, 5.74) is 4.42. The number of carbonyl (C=O) groups is 1. The van der Waals surface area contributed by atoms with Crippen LogP contribution in [0.1, 0.15) is 24.3 Å². The van der Waals surface area contributed by atoms with Crippen LogP contribution in [0.3, 0.4) is 0 Å². The molecule has 7 heteroatoms. The SMILES string of the molecule is O=C(O)N1CCC2C(C1)c1cc(-c3c(Cl)cccc3Cl)cc3c1N2CCCS3. The third kappa shape index (κ3) is 2.87. The first-order chi connectivity index (χ1) is 13.5. The van der Waals surface area contributed by atoms with Crippen LogP contribution in [0.15, 0.2) is 35.2 Å². The molecule has 0 spiro atoms. The summed E-state index contributed by atoms with van der Waals surface area (Å²) in [5.74, 6) is 1.28. The second-order valence-electron chi connectivity index (χ2n) is 7.60. The molecule has 0 aromatic heterocycles. The van der Waals surface area contributed by atoms with Gasteiger partial charge in [0, 0.05) is 52.1 Å². The normalized spacial score (nSPS) is 23.2. The van der Waals surface area contributed by atoms with Gasteiger partial charge in [0.15, 0.2) is 0 Å². The Kier molecular flexibility index (Phi) is 4.65. The molecule has 3 aliphatic heterocycles. The van der Waals surface area contributed by atoms with Crippen molar-refractivity contribution in [3.63, 3.8) is 0 Å². The highest BCUT2D eigenvalue weighted by atomic mass is 35.5. The summed E-state index contributed by atoms with van der Waals surface area (Å²) in [4.78, 5) is 16.9. The maximum atomic E-state index is 11.6. The van der Waals surface area contributed by atoms with Crippen molar-refractivity contribution in [3.05, 3.63) is 45.9 Å². The lowest BCUT2D eigenvalue weighted by atomic mass is 9.88. The number of anilines is 1. The summed E-state index contributed by atoms with van der Waals surface area (Å²) < 4.78 is 0. The number of thioether (sulfide) groups is 1. The number of piperidine rings is 1. The van der Waals surface area contributed by atoms with Crippen molar-refractivity contribution in [1.82, 2.24) is 4.90 Å². The van der Waals surface area contributed by atoms with Gasteiger partial charge in [-0.2, -0.15) is 0 Å². The minimum atomic E-state index is -0.828. The van der Waals surface area contributed by atoms with Gasteiger partial charge in [-0.3, -0.25) is 0 Å². The van der Waals surface area contributed by atoms with Crippen molar-refractivity contribution in [1.29, 1.82) is 0 Å². The number of hydrogen-bond donors (Lipinski definition) is 1. The summed E-state index contributed by atoms with van der Waals surface area (Å²) in [7, 11) is 0. The number of nitrogens with zero attached hydrogens (tertiary/aromatic N) is 2. The van der Waals surface area contributed by atoms with Crippen molar-refractivity contribution >= 4 is 46.7 Å². The Morgan fingerprint density at radius 3 is 2.71 bits per heavy atom. The molecule has 2 atom stereocenters. The zero-order valence-corrected chi connectivity index (χ0v) is 17.5. The Labute approximate surface area is 178 Å². The molecule has 2 aromatic carbocycles. The summed E-state index contributed by atoms with van der Waals surface area (Å²) in [6, 6.07) is 10.4. The predicted octanol–water partition coefficient (Wildman–Crippen LogP) is 5.81. The molecule has 3 heterocycles. The number of benzene rings is 2. The van der Waals surface area contributed by atoms with Crippen LogP contribution in [0.25, 0.3) is 11.1 Å². The van der Waals surface area contributed by atoms with Crippen molar-refractivity contribution in [2.75, 3.05) is 30.3 Å². The van der Waals surface area contributed by atoms with Crippen LogP contribution in [-0.2, 0) is 0 Å². The molecule has 0 aliphatic carbocycles. The van der Waals surface area contributed by atoms with Crippen LogP contribution >= 0.6 is 35.0 Å². The molecule has 4 nitrogen and oxygen atoms in total. The number of rotatable bonds is 1. The topological polar surface area (TPSA) is 43.8 Å². The monoisotopic (exact) mass is 434 g/mol. The van der Waals surface area contributed by atoms with Crippen LogP contribution in [0.5, 0.6) is 0 Å². The minimum Gasteiger partial charge on any atom is -0.465 e. The third-order valence-electron chi connectivity index (χ3n) is 6.09. The summed E-state index contributed by atoms with van der Waals surface area (Å²) in [5, 5.41) is 10.8. The minimum absolute atomic E-state index is 0.193. The molecule has 3 aliphatic rings. The van der Waals surface area contributed by atoms with Gasteiger partial charge in [-0.15, -0.1) is 11.8 Å². The number of halogens is 2. The molecule has 1 N–H and O–H groups in total. The van der Waals surface area contributed by atoms with Crippen molar-refractivity contribution < 1.29 is 9.90 Å². The Bertz CT molecular complexity index is 947. The fraction of sp³-hybridized carbons (Fsp3) is 0.381. The van der Waals surface area contributed by atoms with Gasteiger partial charge in [0.1, 0.15) is 0 Å². The molecule has 0 radical (unpaired) electrons. The molecule has 28 heavy (non-hydrogen) atoms. The van der Waals surface area contributed by atoms with E-state index >= 15 is 0 Å². The highest BCUT2D eigenvalue weighted by Crippen LogP contribution is 2.52. The Morgan fingerprint density at radius 1 is 1.18 bits per heavy atom. The zero-order chi connectivity index (χ0) is 19.4. The lowest BCUT2D eigenvalue weighted by Crippen LogP contribution is -2.48. The molecule has 0 saturated carbocycles. The number of likely N-dealkylation sites (tertiary alicyclic amines) is 1. The Hall–Kier alpha value is -1.56. The Balaban J connectivity index is 1.68. The summed E-state index contributed by atoms with van der Waals surface area (Å²) in [6.07, 6.45) is 1.18. The van der Waals surface area contributed by atoms with Crippen LogP contribution in [-0.4, -0.2) is 47.5 Å². The smallest absolute Gasteiger partial charge is 0.407 e. The maximum absolute atomic E-state index is 11.6. The van der Waals surface area contributed by atoms with Crippen molar-refractivity contribution in [2.24, 2.45) is 0 Å². The molecule has 1 fully saturated rings. The molecule has 1 amide bonds. The zero-order valence-electron chi connectivity index (χ0n) is 15.2. The highest BCUT2D eigenvalue weighted by Gasteiger charge is 2.44. The first-order valence-corrected chi connectivity index (χ1v) is 11.3. The summed E-state index contributed by atoms with van der Waals surface area (Å²) >= 11 is 14.9. The van der Waals surface area contributed by atoms with Gasteiger partial charge in [-0.25, -0.2) is 4.79 Å². The second-order valence-corrected chi connectivity index (χ2v) is 9.55. The maximum Gasteiger partial charge on any atom is 0.407 e. The van der Waals surface area contributed by atoms with E-state index in [1.165, 1.54) is 16.1 Å². The van der Waals surface area contributed by atoms with Gasteiger partial charge in [0.2, 0.25) is 0 Å². The molecule has 2 unspecified atom stereocenters. The van der Waals surface area contributed by atoms with E-state index in [9.17, 15) is 9.90 Å². The number of carboxylic acid groups (broad SMARTS) is 1. The summed E-state index contributed by atoms with van der Waals surface area (Å²) in [6.45, 7) is 2.19. The van der Waals surface area contributed by atoms with Crippen molar-refractivity contribution in [3.8, 4) is 11.1 Å². The van der Waals surface area contributed by atoms with E-state index in [2.05, 4.69) is 17.0 Å². The van der Waals surface area contributed by atoms with Gasteiger partial charge >= 0.3 is 6.09 Å². The lowest BCUT2D eigenvalue weighted by molar-refractivity contribution is 0.127. The molecule has 1 saturated heterocycles. The highest BCUT2D eigenvalue weighted by molar-refractivity contribution is 7.99. The third-order valence-corrected chi connectivity index (χ3v) is 7.84. The first kappa shape index (κ1) is 18.5. The van der Waals surface area contributed by atoms with Crippen molar-refractivity contribution in [2.45, 2.75) is 29.7 Å². The quantitative estimate of drug-likeness (QED) is 0.614. The van der Waals surface area contributed by atoms with E-state index in [1.807, 2.05) is 30.0 Å². The Morgan fingerprint density at radius 2 is 1.96 bits per heavy atom.